The number of hydrogen-bond donors (Lipinski definition) is 1. The molecule has 0 atom stereocenters. The zero-order valence-electron chi connectivity index (χ0n) is 14.8. The van der Waals surface area contributed by atoms with Gasteiger partial charge in [-0.15, -0.1) is 0 Å². The highest BCUT2D eigenvalue weighted by Crippen LogP contribution is 2.24. The molecule has 2 rings (SSSR count). The van der Waals surface area contributed by atoms with Crippen molar-refractivity contribution in [3.63, 3.8) is 0 Å². The zero-order chi connectivity index (χ0) is 20.2. The molecule has 142 valence electrons. The molecule has 0 spiro atoms. The van der Waals surface area contributed by atoms with Crippen molar-refractivity contribution >= 4 is 52.8 Å². The number of aromatic nitrogens is 1. The van der Waals surface area contributed by atoms with Crippen molar-refractivity contribution in [3.8, 4) is 5.88 Å². The van der Waals surface area contributed by atoms with Gasteiger partial charge in [-0.05, 0) is 63.3 Å². The summed E-state index contributed by atoms with van der Waals surface area (Å²) in [4.78, 5) is 29.7. The van der Waals surface area contributed by atoms with Gasteiger partial charge in [0.2, 0.25) is 5.88 Å². The van der Waals surface area contributed by atoms with E-state index in [-0.39, 0.29) is 22.0 Å². The molecule has 2 aromatic rings. The molecule has 1 aromatic carbocycles. The second kappa shape index (κ2) is 8.65. The van der Waals surface area contributed by atoms with Crippen molar-refractivity contribution in [1.82, 2.24) is 15.4 Å². The van der Waals surface area contributed by atoms with Crippen LogP contribution < -0.4 is 10.2 Å². The van der Waals surface area contributed by atoms with Crippen LogP contribution in [0.5, 0.6) is 5.88 Å². The molecular weight excluding hydrogens is 409 g/mol. The Morgan fingerprint density at radius 3 is 2.52 bits per heavy atom. The fraction of sp³-hybridized carbons (Fsp3) is 0.222. The quantitative estimate of drug-likeness (QED) is 0.583. The minimum atomic E-state index is -0.742. The fourth-order valence-electron chi connectivity index (χ4n) is 2.14. The van der Waals surface area contributed by atoms with Crippen molar-refractivity contribution in [1.29, 1.82) is 0 Å². The second-order valence-corrected chi connectivity index (χ2v) is 7.46. The van der Waals surface area contributed by atoms with Crippen molar-refractivity contribution in [2.24, 2.45) is 0 Å². The maximum absolute atomic E-state index is 13.1. The highest BCUT2D eigenvalue weighted by Gasteiger charge is 2.31. The molecule has 27 heavy (non-hydrogen) atoms. The first-order chi connectivity index (χ1) is 12.6. The Balaban J connectivity index is 2.36. The Bertz CT molecular complexity index is 884. The number of carbonyl (C=O) groups excluding carboxylic acids is 2. The number of thiocarbonyl (C=S) groups is 1. The molecule has 0 aliphatic carbocycles. The Kier molecular flexibility index (Phi) is 6.75. The Labute approximate surface area is 172 Å². The first-order valence-electron chi connectivity index (χ1n) is 7.81. The number of hydrogen-bond acceptors (Lipinski definition) is 5. The summed E-state index contributed by atoms with van der Waals surface area (Å²) in [7, 11) is 0. The van der Waals surface area contributed by atoms with Crippen LogP contribution in [0.3, 0.4) is 0 Å². The highest BCUT2D eigenvalue weighted by atomic mass is 35.5. The van der Waals surface area contributed by atoms with Gasteiger partial charge in [0.1, 0.15) is 5.56 Å². The standard InChI is InChI=1S/C18H17Cl2N3O3S/c1-18(2,3)23(17(25)12-5-4-8-21-16(12)26-10-27)22-15(24)11-6-7-13(19)14(20)9-11/h4-10H,1-3H3,(H,22,24). The summed E-state index contributed by atoms with van der Waals surface area (Å²) < 4.78 is 5.13. The summed E-state index contributed by atoms with van der Waals surface area (Å²) in [5.74, 6) is -0.968. The van der Waals surface area contributed by atoms with Crippen LogP contribution in [0.2, 0.25) is 10.0 Å². The van der Waals surface area contributed by atoms with Gasteiger partial charge in [0.25, 0.3) is 11.8 Å². The lowest BCUT2D eigenvalue weighted by molar-refractivity contribution is 0.0356. The lowest BCUT2D eigenvalue weighted by Gasteiger charge is -2.35. The van der Waals surface area contributed by atoms with Gasteiger partial charge in [0, 0.05) is 11.8 Å². The number of nitrogens with one attached hydrogen (secondary N) is 1. The molecule has 1 aromatic heterocycles. The van der Waals surface area contributed by atoms with Crippen LogP contribution in [0.25, 0.3) is 0 Å². The third-order valence-corrected chi connectivity index (χ3v) is 4.27. The number of halogens is 2. The molecule has 1 heterocycles. The Morgan fingerprint density at radius 2 is 1.93 bits per heavy atom. The van der Waals surface area contributed by atoms with Gasteiger partial charge >= 0.3 is 0 Å². The number of benzene rings is 1. The average Bonchev–Trinajstić information content (AvgIpc) is 2.61. The van der Waals surface area contributed by atoms with Crippen LogP contribution in [0, 0.1) is 0 Å². The van der Waals surface area contributed by atoms with E-state index in [1.807, 2.05) is 0 Å². The van der Waals surface area contributed by atoms with E-state index in [4.69, 9.17) is 27.9 Å². The Morgan fingerprint density at radius 1 is 1.22 bits per heavy atom. The molecule has 0 fully saturated rings. The number of amides is 2. The molecule has 0 saturated carbocycles. The average molecular weight is 426 g/mol. The summed E-state index contributed by atoms with van der Waals surface area (Å²) in [5, 5.41) is 1.77. The van der Waals surface area contributed by atoms with Gasteiger partial charge in [0.05, 0.1) is 15.6 Å². The van der Waals surface area contributed by atoms with Crippen molar-refractivity contribution in [3.05, 3.63) is 57.7 Å². The first-order valence-corrected chi connectivity index (χ1v) is 9.04. The van der Waals surface area contributed by atoms with E-state index >= 15 is 0 Å². The summed E-state index contributed by atoms with van der Waals surface area (Å²) >= 11 is 16.5. The largest absolute Gasteiger partial charge is 0.434 e. The first kappa shape index (κ1) is 21.1. The van der Waals surface area contributed by atoms with Gasteiger partial charge in [-0.2, -0.15) is 0 Å². The molecular formula is C18H17Cl2N3O3S. The Hall–Kier alpha value is -2.22. The molecule has 1 N–H and O–H groups in total. The lowest BCUT2D eigenvalue weighted by Crippen LogP contribution is -2.56. The van der Waals surface area contributed by atoms with E-state index < -0.39 is 17.4 Å². The molecule has 9 heteroatoms. The maximum Gasteiger partial charge on any atom is 0.278 e. The normalized spacial score (nSPS) is 10.9. The molecule has 6 nitrogen and oxygen atoms in total. The molecule has 0 bridgehead atoms. The van der Waals surface area contributed by atoms with Crippen LogP contribution in [0.4, 0.5) is 0 Å². The van der Waals surface area contributed by atoms with Gasteiger partial charge in [-0.25, -0.2) is 9.99 Å². The van der Waals surface area contributed by atoms with Crippen LogP contribution in [-0.2, 0) is 0 Å². The van der Waals surface area contributed by atoms with Crippen LogP contribution in [0.15, 0.2) is 36.5 Å². The molecule has 0 aliphatic heterocycles. The number of hydrazine groups is 1. The van der Waals surface area contributed by atoms with Gasteiger partial charge in [-0.1, -0.05) is 23.2 Å². The van der Waals surface area contributed by atoms with E-state index in [9.17, 15) is 9.59 Å². The van der Waals surface area contributed by atoms with Crippen LogP contribution in [-0.4, -0.2) is 32.9 Å². The fourth-order valence-corrected chi connectivity index (χ4v) is 2.53. The molecule has 0 unspecified atom stereocenters. The topological polar surface area (TPSA) is 71.5 Å². The summed E-state index contributed by atoms with van der Waals surface area (Å²) in [6.45, 7) is 5.32. The lowest BCUT2D eigenvalue weighted by atomic mass is 10.1. The van der Waals surface area contributed by atoms with Crippen LogP contribution >= 0.6 is 35.4 Å². The third-order valence-electron chi connectivity index (χ3n) is 3.43. The van der Waals surface area contributed by atoms with E-state index in [1.54, 1.807) is 26.8 Å². The number of rotatable bonds is 4. The second-order valence-electron chi connectivity index (χ2n) is 6.45. The van der Waals surface area contributed by atoms with Gasteiger partial charge in [-0.3, -0.25) is 15.0 Å². The highest BCUT2D eigenvalue weighted by molar-refractivity contribution is 7.78. The third kappa shape index (κ3) is 5.15. The van der Waals surface area contributed by atoms with Crippen molar-refractivity contribution in [2.75, 3.05) is 0 Å². The number of pyridine rings is 1. The SMILES string of the molecule is CC(C)(C)N(NC(=O)c1ccc(Cl)c(Cl)c1)C(=O)c1cccnc1OC=S. The van der Waals surface area contributed by atoms with E-state index in [0.29, 0.717) is 5.02 Å². The minimum absolute atomic E-state index is 0.0514. The molecule has 0 saturated heterocycles. The van der Waals surface area contributed by atoms with Crippen molar-refractivity contribution in [2.45, 2.75) is 26.3 Å². The maximum atomic E-state index is 13.1. The van der Waals surface area contributed by atoms with E-state index in [1.165, 1.54) is 35.5 Å². The molecule has 2 amide bonds. The van der Waals surface area contributed by atoms with Gasteiger partial charge < -0.3 is 4.74 Å². The number of nitrogens with zero attached hydrogens (tertiary/aromatic N) is 2. The molecule has 0 radical (unpaired) electrons. The van der Waals surface area contributed by atoms with Crippen LogP contribution in [0.1, 0.15) is 41.5 Å². The molecule has 0 aliphatic rings. The monoisotopic (exact) mass is 425 g/mol. The van der Waals surface area contributed by atoms with E-state index in [2.05, 4.69) is 22.6 Å². The van der Waals surface area contributed by atoms with E-state index in [0.717, 1.165) is 5.55 Å². The van der Waals surface area contributed by atoms with Gasteiger partial charge in [0.15, 0.2) is 5.55 Å². The summed E-state index contributed by atoms with van der Waals surface area (Å²) in [5.41, 5.74) is 3.29. The predicted octanol–water partition coefficient (Wildman–Crippen LogP) is 4.31. The minimum Gasteiger partial charge on any atom is -0.434 e. The van der Waals surface area contributed by atoms with Crippen molar-refractivity contribution < 1.29 is 14.3 Å². The zero-order valence-corrected chi connectivity index (χ0v) is 17.2. The smallest absolute Gasteiger partial charge is 0.278 e. The predicted molar refractivity (Wildman–Crippen MR) is 108 cm³/mol. The number of carbonyl (C=O) groups is 2. The summed E-state index contributed by atoms with van der Waals surface area (Å²) in [6, 6.07) is 7.57. The summed E-state index contributed by atoms with van der Waals surface area (Å²) in [6.07, 6.45) is 1.47. The number of ether oxygens (including phenoxy) is 1.